The number of aliphatic hydroxyl groups excluding tert-OH is 1. The highest BCUT2D eigenvalue weighted by Crippen LogP contribution is 2.19. The minimum Gasteiger partial charge on any atom is -0.393 e. The fourth-order valence-electron chi connectivity index (χ4n) is 1.48. The van der Waals surface area contributed by atoms with Gasteiger partial charge in [-0.05, 0) is 33.6 Å². The third-order valence-electron chi connectivity index (χ3n) is 2.79. The normalized spacial score (nSPS) is 15.1. The predicted molar refractivity (Wildman–Crippen MR) is 67.0 cm³/mol. The number of nitrogens with zero attached hydrogens (tertiary/aromatic N) is 1. The highest BCUT2D eigenvalue weighted by atomic mass is 32.1. The van der Waals surface area contributed by atoms with E-state index in [1.54, 1.807) is 18.4 Å². The van der Waals surface area contributed by atoms with Gasteiger partial charge in [-0.25, -0.2) is 4.98 Å². The predicted octanol–water partition coefficient (Wildman–Crippen LogP) is 2.48. The highest BCUT2D eigenvalue weighted by molar-refractivity contribution is 7.11. The molecule has 0 aromatic carbocycles. The van der Waals surface area contributed by atoms with Crippen molar-refractivity contribution in [3.63, 3.8) is 0 Å². The van der Waals surface area contributed by atoms with Crippen molar-refractivity contribution in [2.75, 3.05) is 7.11 Å². The van der Waals surface area contributed by atoms with Crippen LogP contribution in [0.4, 0.5) is 0 Å². The molecule has 0 saturated heterocycles. The summed E-state index contributed by atoms with van der Waals surface area (Å²) in [4.78, 5) is 5.67. The van der Waals surface area contributed by atoms with E-state index in [4.69, 9.17) is 4.74 Å². The zero-order chi connectivity index (χ0) is 12.1. The zero-order valence-electron chi connectivity index (χ0n) is 10.5. The molecule has 1 rings (SSSR count). The topological polar surface area (TPSA) is 42.4 Å². The lowest BCUT2D eigenvalue weighted by Crippen LogP contribution is -2.14. The van der Waals surface area contributed by atoms with Crippen LogP contribution in [0.5, 0.6) is 0 Å². The van der Waals surface area contributed by atoms with Crippen molar-refractivity contribution in [1.29, 1.82) is 0 Å². The molecule has 4 heteroatoms. The summed E-state index contributed by atoms with van der Waals surface area (Å²) in [7, 11) is 1.70. The second-order valence-electron chi connectivity index (χ2n) is 4.23. The fraction of sp³-hybridized carbons (Fsp3) is 0.750. The van der Waals surface area contributed by atoms with Crippen LogP contribution >= 0.6 is 11.3 Å². The highest BCUT2D eigenvalue weighted by Gasteiger charge is 2.11. The van der Waals surface area contributed by atoms with E-state index < -0.39 is 0 Å². The second-order valence-corrected chi connectivity index (χ2v) is 5.52. The van der Waals surface area contributed by atoms with E-state index in [1.807, 2.05) is 13.8 Å². The first-order valence-electron chi connectivity index (χ1n) is 5.66. The van der Waals surface area contributed by atoms with Gasteiger partial charge in [0.25, 0.3) is 0 Å². The summed E-state index contributed by atoms with van der Waals surface area (Å²) in [6.45, 7) is 6.09. The molecule has 0 aliphatic rings. The molecule has 16 heavy (non-hydrogen) atoms. The van der Waals surface area contributed by atoms with Crippen LogP contribution in [0.15, 0.2) is 0 Å². The lowest BCUT2D eigenvalue weighted by atomic mass is 10.1. The Morgan fingerprint density at radius 2 is 2.06 bits per heavy atom. The summed E-state index contributed by atoms with van der Waals surface area (Å²) in [6, 6.07) is 0. The smallest absolute Gasteiger partial charge is 0.0956 e. The van der Waals surface area contributed by atoms with E-state index in [-0.39, 0.29) is 12.2 Å². The molecule has 1 aromatic rings. The Labute approximate surface area is 101 Å². The van der Waals surface area contributed by atoms with Crippen molar-refractivity contribution in [1.82, 2.24) is 4.98 Å². The molecule has 0 bridgehead atoms. The van der Waals surface area contributed by atoms with Crippen molar-refractivity contribution in [3.8, 4) is 0 Å². The Balaban J connectivity index is 2.36. The van der Waals surface area contributed by atoms with Crippen LogP contribution in [0.1, 0.15) is 35.3 Å². The standard InChI is InChI=1S/C12H21NO2S/c1-8(15-4)5-6-11(14)7-12-13-9(2)10(3)16-12/h8,11,14H,5-7H2,1-4H3. The molecule has 0 aliphatic heterocycles. The Hall–Kier alpha value is -0.450. The number of aryl methyl sites for hydroxylation is 2. The van der Waals surface area contributed by atoms with E-state index in [1.165, 1.54) is 4.88 Å². The number of thiazole rings is 1. The average Bonchev–Trinajstić information content (AvgIpc) is 2.54. The number of hydrogen-bond donors (Lipinski definition) is 1. The van der Waals surface area contributed by atoms with Gasteiger partial charge in [-0.15, -0.1) is 11.3 Å². The fourth-order valence-corrected chi connectivity index (χ4v) is 2.48. The summed E-state index contributed by atoms with van der Waals surface area (Å²) in [5.74, 6) is 0. The molecule has 0 spiro atoms. The van der Waals surface area contributed by atoms with E-state index >= 15 is 0 Å². The SMILES string of the molecule is COC(C)CCC(O)Cc1nc(C)c(C)s1. The van der Waals surface area contributed by atoms with Crippen LogP contribution in [0.2, 0.25) is 0 Å². The monoisotopic (exact) mass is 243 g/mol. The largest absolute Gasteiger partial charge is 0.393 e. The number of aromatic nitrogens is 1. The molecule has 1 aromatic heterocycles. The first-order chi connectivity index (χ1) is 7.52. The molecule has 2 atom stereocenters. The van der Waals surface area contributed by atoms with Gasteiger partial charge < -0.3 is 9.84 Å². The molecule has 2 unspecified atom stereocenters. The second kappa shape index (κ2) is 6.33. The average molecular weight is 243 g/mol. The van der Waals surface area contributed by atoms with Gasteiger partial charge >= 0.3 is 0 Å². The van der Waals surface area contributed by atoms with E-state index in [0.29, 0.717) is 6.42 Å². The molecule has 3 nitrogen and oxygen atoms in total. The van der Waals surface area contributed by atoms with Crippen LogP contribution in [-0.4, -0.2) is 29.4 Å². The molecular formula is C12H21NO2S. The van der Waals surface area contributed by atoms with E-state index in [2.05, 4.69) is 11.9 Å². The molecule has 0 saturated carbocycles. The molecular weight excluding hydrogens is 222 g/mol. The van der Waals surface area contributed by atoms with E-state index in [9.17, 15) is 5.11 Å². The van der Waals surface area contributed by atoms with Gasteiger partial charge in [0, 0.05) is 18.4 Å². The first kappa shape index (κ1) is 13.6. The number of ether oxygens (including phenoxy) is 1. The van der Waals surface area contributed by atoms with Crippen molar-refractivity contribution in [2.45, 2.75) is 52.2 Å². The van der Waals surface area contributed by atoms with Crippen molar-refractivity contribution >= 4 is 11.3 Å². The van der Waals surface area contributed by atoms with Crippen molar-refractivity contribution < 1.29 is 9.84 Å². The molecule has 0 fully saturated rings. The first-order valence-corrected chi connectivity index (χ1v) is 6.48. The number of hydrogen-bond acceptors (Lipinski definition) is 4. The molecule has 92 valence electrons. The lowest BCUT2D eigenvalue weighted by Gasteiger charge is -2.12. The summed E-state index contributed by atoms with van der Waals surface area (Å²) >= 11 is 1.68. The van der Waals surface area contributed by atoms with Crippen molar-refractivity contribution in [3.05, 3.63) is 15.6 Å². The molecule has 0 amide bonds. The third-order valence-corrected chi connectivity index (χ3v) is 3.89. The molecule has 1 heterocycles. The van der Waals surface area contributed by atoms with Crippen LogP contribution in [0, 0.1) is 13.8 Å². The number of methoxy groups -OCH3 is 1. The summed E-state index contributed by atoms with van der Waals surface area (Å²) in [5.41, 5.74) is 1.08. The van der Waals surface area contributed by atoms with Gasteiger partial charge in [-0.1, -0.05) is 0 Å². The minimum atomic E-state index is -0.303. The zero-order valence-corrected chi connectivity index (χ0v) is 11.3. The van der Waals surface area contributed by atoms with Gasteiger partial charge in [0.2, 0.25) is 0 Å². The molecule has 0 radical (unpaired) electrons. The summed E-state index contributed by atoms with van der Waals surface area (Å²) in [6.07, 6.45) is 2.24. The van der Waals surface area contributed by atoms with Crippen molar-refractivity contribution in [2.24, 2.45) is 0 Å². The maximum absolute atomic E-state index is 9.86. The minimum absolute atomic E-state index is 0.217. The molecule has 0 aliphatic carbocycles. The number of aliphatic hydroxyl groups is 1. The maximum atomic E-state index is 9.86. The van der Waals surface area contributed by atoms with Gasteiger partial charge in [0.05, 0.1) is 22.9 Å². The Morgan fingerprint density at radius 1 is 1.38 bits per heavy atom. The van der Waals surface area contributed by atoms with Crippen LogP contribution in [-0.2, 0) is 11.2 Å². The Morgan fingerprint density at radius 3 is 2.56 bits per heavy atom. The lowest BCUT2D eigenvalue weighted by molar-refractivity contribution is 0.0851. The van der Waals surface area contributed by atoms with Gasteiger partial charge in [0.1, 0.15) is 0 Å². The van der Waals surface area contributed by atoms with Gasteiger partial charge in [-0.3, -0.25) is 0 Å². The maximum Gasteiger partial charge on any atom is 0.0956 e. The quantitative estimate of drug-likeness (QED) is 0.834. The molecule has 1 N–H and O–H groups in total. The summed E-state index contributed by atoms with van der Waals surface area (Å²) < 4.78 is 5.15. The van der Waals surface area contributed by atoms with Crippen LogP contribution in [0.3, 0.4) is 0 Å². The third kappa shape index (κ3) is 4.20. The Bertz CT molecular complexity index is 305. The summed E-state index contributed by atoms with van der Waals surface area (Å²) in [5, 5.41) is 10.9. The number of rotatable bonds is 6. The van der Waals surface area contributed by atoms with Gasteiger partial charge in [0.15, 0.2) is 0 Å². The van der Waals surface area contributed by atoms with Crippen LogP contribution in [0.25, 0.3) is 0 Å². The van der Waals surface area contributed by atoms with Crippen LogP contribution < -0.4 is 0 Å². The Kier molecular flexibility index (Phi) is 5.38. The van der Waals surface area contributed by atoms with Gasteiger partial charge in [-0.2, -0.15) is 0 Å². The van der Waals surface area contributed by atoms with E-state index in [0.717, 1.165) is 23.5 Å².